The third kappa shape index (κ3) is 5.39. The number of aromatic nitrogens is 2. The molecule has 0 spiro atoms. The number of halogens is 1. The maximum atomic E-state index is 13.9. The monoisotopic (exact) mass is 584 g/mol. The number of aryl methyl sites for hydroxylation is 1. The van der Waals surface area contributed by atoms with Crippen molar-refractivity contribution in [3.05, 3.63) is 137 Å². The van der Waals surface area contributed by atoms with E-state index >= 15 is 0 Å². The Morgan fingerprint density at radius 2 is 1.89 bits per heavy atom. The first-order valence-electron chi connectivity index (χ1n) is 15.1. The molecule has 6 nitrogen and oxygen atoms in total. The van der Waals surface area contributed by atoms with Crippen LogP contribution in [0.5, 0.6) is 0 Å². The Morgan fingerprint density at radius 3 is 2.73 bits per heavy atom. The lowest BCUT2D eigenvalue weighted by Crippen LogP contribution is -2.31. The third-order valence-electron chi connectivity index (χ3n) is 8.84. The Kier molecular flexibility index (Phi) is 7.69. The van der Waals surface area contributed by atoms with E-state index in [9.17, 15) is 9.65 Å². The van der Waals surface area contributed by atoms with Crippen LogP contribution in [0.4, 0.5) is 4.39 Å². The number of furan rings is 1. The van der Waals surface area contributed by atoms with E-state index in [1.807, 2.05) is 60.9 Å². The van der Waals surface area contributed by atoms with Gasteiger partial charge in [-0.3, -0.25) is 9.88 Å². The molecule has 0 radical (unpaired) electrons. The molecule has 1 N–H and O–H groups in total. The summed E-state index contributed by atoms with van der Waals surface area (Å²) in [6.45, 7) is 2.89. The van der Waals surface area contributed by atoms with Crippen molar-refractivity contribution in [3.8, 4) is 6.07 Å². The number of H-pyrrole nitrogens is 1. The maximum Gasteiger partial charge on any atom is 0.123 e. The highest BCUT2D eigenvalue weighted by Gasteiger charge is 2.41. The van der Waals surface area contributed by atoms with Crippen molar-refractivity contribution in [2.75, 3.05) is 13.1 Å². The number of pyridine rings is 1. The van der Waals surface area contributed by atoms with E-state index in [4.69, 9.17) is 14.1 Å². The van der Waals surface area contributed by atoms with E-state index in [2.05, 4.69) is 34.2 Å². The van der Waals surface area contributed by atoms with Gasteiger partial charge in [0.05, 0.1) is 42.1 Å². The SMILES string of the molecule is N#Cc1ccc2c(c1)COC2(CCCN(CCCc1cnc2c1ccc1ccc[nH]c12)Cc1ccco1)c1ccc(F)cc1. The maximum absolute atomic E-state index is 13.9. The molecule has 0 bridgehead atoms. The molecular formula is C37H33FN4O2. The summed E-state index contributed by atoms with van der Waals surface area (Å²) in [6.07, 6.45) is 9.19. The lowest BCUT2D eigenvalue weighted by Gasteiger charge is -2.32. The summed E-state index contributed by atoms with van der Waals surface area (Å²) in [5, 5.41) is 11.8. The first-order chi connectivity index (χ1) is 21.6. The Bertz CT molecular complexity index is 1940. The zero-order valence-electron chi connectivity index (χ0n) is 24.4. The highest BCUT2D eigenvalue weighted by atomic mass is 19.1. The van der Waals surface area contributed by atoms with Gasteiger partial charge in [-0.1, -0.05) is 36.4 Å². The molecule has 1 aliphatic rings. The van der Waals surface area contributed by atoms with Crippen LogP contribution < -0.4 is 0 Å². The van der Waals surface area contributed by atoms with Gasteiger partial charge in [0.2, 0.25) is 0 Å². The highest BCUT2D eigenvalue weighted by Crippen LogP contribution is 2.45. The van der Waals surface area contributed by atoms with Crippen molar-refractivity contribution in [2.24, 2.45) is 0 Å². The molecule has 0 aliphatic carbocycles. The Hall–Kier alpha value is -4.77. The van der Waals surface area contributed by atoms with Gasteiger partial charge < -0.3 is 14.1 Å². The molecule has 3 aromatic heterocycles. The second-order valence-corrected chi connectivity index (χ2v) is 11.5. The van der Waals surface area contributed by atoms with Crippen molar-refractivity contribution in [1.82, 2.24) is 14.9 Å². The molecule has 1 unspecified atom stereocenters. The van der Waals surface area contributed by atoms with Crippen LogP contribution in [0.25, 0.3) is 21.8 Å². The van der Waals surface area contributed by atoms with Crippen LogP contribution >= 0.6 is 0 Å². The minimum atomic E-state index is -0.687. The normalized spacial score (nSPS) is 16.1. The van der Waals surface area contributed by atoms with E-state index in [-0.39, 0.29) is 5.82 Å². The molecule has 1 aliphatic heterocycles. The fourth-order valence-corrected chi connectivity index (χ4v) is 6.69. The Balaban J connectivity index is 1.08. The summed E-state index contributed by atoms with van der Waals surface area (Å²) in [7, 11) is 0. The first-order valence-corrected chi connectivity index (χ1v) is 15.1. The number of ether oxygens (including phenoxy) is 1. The Labute approximate surface area is 255 Å². The number of nitrogens with one attached hydrogen (secondary N) is 1. The Morgan fingerprint density at radius 1 is 1.00 bits per heavy atom. The minimum absolute atomic E-state index is 0.273. The van der Waals surface area contributed by atoms with Crippen molar-refractivity contribution in [2.45, 2.75) is 44.4 Å². The van der Waals surface area contributed by atoms with Gasteiger partial charge in [0, 0.05) is 23.2 Å². The van der Waals surface area contributed by atoms with E-state index in [1.54, 1.807) is 6.26 Å². The molecule has 4 heterocycles. The lowest BCUT2D eigenvalue weighted by atomic mass is 9.81. The third-order valence-corrected chi connectivity index (χ3v) is 8.84. The van der Waals surface area contributed by atoms with Crippen LogP contribution in [-0.4, -0.2) is 28.0 Å². The number of hydrogen-bond acceptors (Lipinski definition) is 5. The quantitative estimate of drug-likeness (QED) is 0.167. The second-order valence-electron chi connectivity index (χ2n) is 11.5. The molecular weight excluding hydrogens is 551 g/mol. The minimum Gasteiger partial charge on any atom is -0.468 e. The molecule has 0 amide bonds. The molecule has 3 aromatic carbocycles. The fourth-order valence-electron chi connectivity index (χ4n) is 6.69. The number of hydrogen-bond donors (Lipinski definition) is 1. The molecule has 0 saturated heterocycles. The number of rotatable bonds is 11. The number of nitriles is 1. The lowest BCUT2D eigenvalue weighted by molar-refractivity contribution is -0.0148. The van der Waals surface area contributed by atoms with Gasteiger partial charge in [0.25, 0.3) is 0 Å². The van der Waals surface area contributed by atoms with Gasteiger partial charge in [-0.05, 0) is 103 Å². The van der Waals surface area contributed by atoms with Crippen molar-refractivity contribution >= 4 is 21.8 Å². The van der Waals surface area contributed by atoms with E-state index in [1.165, 1.54) is 23.1 Å². The van der Waals surface area contributed by atoms with Crippen LogP contribution in [0.3, 0.4) is 0 Å². The van der Waals surface area contributed by atoms with Gasteiger partial charge in [-0.25, -0.2) is 4.39 Å². The number of aromatic amines is 1. The van der Waals surface area contributed by atoms with E-state index in [0.29, 0.717) is 12.2 Å². The summed E-state index contributed by atoms with van der Waals surface area (Å²) < 4.78 is 26.2. The first kappa shape index (κ1) is 28.0. The summed E-state index contributed by atoms with van der Waals surface area (Å²) in [6, 6.07) is 27.0. The molecule has 0 saturated carbocycles. The topological polar surface area (TPSA) is 78.1 Å². The van der Waals surface area contributed by atoms with Crippen LogP contribution in [0.15, 0.2) is 102 Å². The molecule has 0 fully saturated rings. The zero-order chi connectivity index (χ0) is 29.9. The van der Waals surface area contributed by atoms with Gasteiger partial charge in [-0.15, -0.1) is 0 Å². The predicted molar refractivity (Wildman–Crippen MR) is 168 cm³/mol. The molecule has 1 atom stereocenters. The van der Waals surface area contributed by atoms with Gasteiger partial charge in [0.1, 0.15) is 17.2 Å². The number of fused-ring (bicyclic) bond motifs is 4. The second kappa shape index (κ2) is 12.1. The fraction of sp³-hybridized carbons (Fsp3) is 0.243. The molecule has 6 aromatic rings. The predicted octanol–water partition coefficient (Wildman–Crippen LogP) is 8.01. The van der Waals surface area contributed by atoms with Gasteiger partial charge in [0.15, 0.2) is 0 Å². The average molecular weight is 585 g/mol. The summed E-state index contributed by atoms with van der Waals surface area (Å²) in [5.74, 6) is 0.665. The smallest absolute Gasteiger partial charge is 0.123 e. The van der Waals surface area contributed by atoms with Gasteiger partial charge >= 0.3 is 0 Å². The van der Waals surface area contributed by atoms with E-state index in [0.717, 1.165) is 84.2 Å². The summed E-state index contributed by atoms with van der Waals surface area (Å²) in [5.41, 5.74) is 6.29. The zero-order valence-corrected chi connectivity index (χ0v) is 24.4. The standard InChI is InChI=1S/C37H33FN4O2/c38-31-12-10-30(11-13-31)37(34-15-8-26(22-39)21-29(34)25-44-37)16-4-19-42(24-32-7-3-20-43-32)18-2-6-28-23-41-36-33(28)14-9-27-5-1-17-40-35(27)36/h1,3,5,7-15,17,20-21,23,40H,2,4,6,16,18-19,24-25H2. The van der Waals surface area contributed by atoms with Crippen LogP contribution in [-0.2, 0) is 29.9 Å². The molecule has 220 valence electrons. The van der Waals surface area contributed by atoms with Crippen LogP contribution in [0.1, 0.15) is 52.8 Å². The van der Waals surface area contributed by atoms with Gasteiger partial charge in [-0.2, -0.15) is 5.26 Å². The average Bonchev–Trinajstić information content (AvgIpc) is 3.81. The molecule has 7 rings (SSSR count). The van der Waals surface area contributed by atoms with E-state index < -0.39 is 5.60 Å². The van der Waals surface area contributed by atoms with Crippen molar-refractivity contribution in [1.29, 1.82) is 5.26 Å². The molecule has 7 heteroatoms. The summed E-state index contributed by atoms with van der Waals surface area (Å²) in [4.78, 5) is 10.6. The van der Waals surface area contributed by atoms with Crippen molar-refractivity contribution in [3.63, 3.8) is 0 Å². The summed E-state index contributed by atoms with van der Waals surface area (Å²) >= 11 is 0. The van der Waals surface area contributed by atoms with Crippen LogP contribution in [0.2, 0.25) is 0 Å². The highest BCUT2D eigenvalue weighted by molar-refractivity contribution is 6.04. The number of nitrogens with zero attached hydrogens (tertiary/aromatic N) is 3. The van der Waals surface area contributed by atoms with Crippen molar-refractivity contribution < 1.29 is 13.5 Å². The molecule has 44 heavy (non-hydrogen) atoms. The number of benzene rings is 3. The van der Waals surface area contributed by atoms with Crippen LogP contribution in [0, 0.1) is 17.1 Å². The largest absolute Gasteiger partial charge is 0.468 e.